The van der Waals surface area contributed by atoms with E-state index < -0.39 is 5.97 Å². The number of aliphatic carboxylic acids is 1. The second-order valence-electron chi connectivity index (χ2n) is 7.77. The molecule has 0 bridgehead atoms. The zero-order chi connectivity index (χ0) is 19.9. The van der Waals surface area contributed by atoms with Gasteiger partial charge in [0.2, 0.25) is 0 Å². The van der Waals surface area contributed by atoms with Crippen LogP contribution in [0, 0.1) is 11.8 Å². The number of methoxy groups -OCH3 is 1. The van der Waals surface area contributed by atoms with Gasteiger partial charge in [0, 0.05) is 51.3 Å². The van der Waals surface area contributed by atoms with Gasteiger partial charge in [0.25, 0.3) is 5.91 Å². The smallest absolute Gasteiger partial charge is 0.303 e. The summed E-state index contributed by atoms with van der Waals surface area (Å²) in [4.78, 5) is 28.6. The van der Waals surface area contributed by atoms with Crippen LogP contribution in [0.5, 0.6) is 5.75 Å². The first-order valence-corrected chi connectivity index (χ1v) is 10.1. The molecule has 0 aromatic heterocycles. The zero-order valence-corrected chi connectivity index (χ0v) is 16.6. The predicted octanol–water partition coefficient (Wildman–Crippen LogP) is 1.54. The van der Waals surface area contributed by atoms with E-state index in [2.05, 4.69) is 10.2 Å². The first-order chi connectivity index (χ1) is 13.6. The van der Waals surface area contributed by atoms with Gasteiger partial charge < -0.3 is 25.0 Å². The van der Waals surface area contributed by atoms with Crippen LogP contribution < -0.4 is 10.1 Å². The molecule has 154 valence electrons. The summed E-state index contributed by atoms with van der Waals surface area (Å²) >= 11 is 0. The number of nitrogens with one attached hydrogen (secondary N) is 1. The Kier molecular flexibility index (Phi) is 7.28. The third kappa shape index (κ3) is 5.45. The van der Waals surface area contributed by atoms with Crippen LogP contribution in [0.1, 0.15) is 29.6 Å². The van der Waals surface area contributed by atoms with Crippen LogP contribution in [-0.2, 0) is 4.79 Å². The molecule has 2 unspecified atom stereocenters. The van der Waals surface area contributed by atoms with E-state index in [0.29, 0.717) is 18.7 Å². The number of hydrogen-bond acceptors (Lipinski definition) is 5. The summed E-state index contributed by atoms with van der Waals surface area (Å²) in [6.07, 6.45) is 1.88. The fourth-order valence-electron chi connectivity index (χ4n) is 4.28. The summed E-state index contributed by atoms with van der Waals surface area (Å²) in [7, 11) is 1.60. The number of nitrogens with zero attached hydrogens (tertiary/aromatic N) is 2. The summed E-state index contributed by atoms with van der Waals surface area (Å²) in [6.45, 7) is 6.29. The van der Waals surface area contributed by atoms with Gasteiger partial charge >= 0.3 is 5.97 Å². The van der Waals surface area contributed by atoms with E-state index in [1.54, 1.807) is 31.4 Å². The third-order valence-corrected chi connectivity index (χ3v) is 5.98. The SMILES string of the molecule is COc1ccc(C(=O)N2CCC(CC(=O)O)C(CCN3CCNCC3)C2)cc1. The number of hydrogen-bond donors (Lipinski definition) is 2. The number of rotatable bonds is 7. The number of piperidine rings is 1. The van der Waals surface area contributed by atoms with Gasteiger partial charge in [-0.1, -0.05) is 0 Å². The molecule has 1 aromatic rings. The molecule has 1 amide bonds. The van der Waals surface area contributed by atoms with Crippen LogP contribution in [0.2, 0.25) is 0 Å². The Balaban J connectivity index is 1.63. The number of carbonyl (C=O) groups is 2. The number of piperazine rings is 1. The molecular weight excluding hydrogens is 358 g/mol. The Morgan fingerprint density at radius 1 is 1.14 bits per heavy atom. The summed E-state index contributed by atoms with van der Waals surface area (Å²) in [5.74, 6) is 0.364. The highest BCUT2D eigenvalue weighted by Gasteiger charge is 2.33. The van der Waals surface area contributed by atoms with Crippen LogP contribution in [0.3, 0.4) is 0 Å². The topological polar surface area (TPSA) is 82.1 Å². The second-order valence-corrected chi connectivity index (χ2v) is 7.77. The van der Waals surface area contributed by atoms with E-state index in [9.17, 15) is 14.7 Å². The second kappa shape index (κ2) is 9.89. The lowest BCUT2D eigenvalue weighted by Gasteiger charge is -2.39. The third-order valence-electron chi connectivity index (χ3n) is 5.98. The van der Waals surface area contributed by atoms with Crippen molar-refractivity contribution in [1.29, 1.82) is 0 Å². The Morgan fingerprint density at radius 2 is 1.86 bits per heavy atom. The molecule has 2 fully saturated rings. The van der Waals surface area contributed by atoms with Gasteiger partial charge in [0.1, 0.15) is 5.75 Å². The maximum atomic E-state index is 12.9. The van der Waals surface area contributed by atoms with Crippen molar-refractivity contribution < 1.29 is 19.4 Å². The largest absolute Gasteiger partial charge is 0.497 e. The molecule has 3 rings (SSSR count). The van der Waals surface area contributed by atoms with E-state index in [-0.39, 0.29) is 24.2 Å². The van der Waals surface area contributed by atoms with Crippen LogP contribution in [0.4, 0.5) is 0 Å². The average molecular weight is 389 g/mol. The molecule has 2 heterocycles. The lowest BCUT2D eigenvalue weighted by Crippen LogP contribution is -2.47. The summed E-state index contributed by atoms with van der Waals surface area (Å²) in [6, 6.07) is 7.18. The molecule has 2 aliphatic rings. The van der Waals surface area contributed by atoms with Crippen LogP contribution in [-0.4, -0.2) is 79.7 Å². The number of carbonyl (C=O) groups excluding carboxylic acids is 1. The number of likely N-dealkylation sites (tertiary alicyclic amines) is 1. The van der Waals surface area contributed by atoms with Crippen molar-refractivity contribution in [1.82, 2.24) is 15.1 Å². The monoisotopic (exact) mass is 389 g/mol. The summed E-state index contributed by atoms with van der Waals surface area (Å²) < 4.78 is 5.16. The number of carboxylic acid groups (broad SMARTS) is 1. The van der Waals surface area contributed by atoms with Gasteiger partial charge in [0.05, 0.1) is 7.11 Å². The molecule has 7 nitrogen and oxygen atoms in total. The molecule has 0 radical (unpaired) electrons. The van der Waals surface area contributed by atoms with Crippen molar-refractivity contribution in [3.63, 3.8) is 0 Å². The van der Waals surface area contributed by atoms with E-state index in [4.69, 9.17) is 4.74 Å². The lowest BCUT2D eigenvalue weighted by molar-refractivity contribution is -0.139. The standard InChI is InChI=1S/C21H31N3O4/c1-28-19-4-2-16(3-5-19)21(27)24-11-7-17(14-20(25)26)18(15-24)6-10-23-12-8-22-9-13-23/h2-5,17-18,22H,6-15H2,1H3,(H,25,26). The zero-order valence-electron chi connectivity index (χ0n) is 16.6. The lowest BCUT2D eigenvalue weighted by atomic mass is 9.81. The molecule has 2 saturated heterocycles. The van der Waals surface area contributed by atoms with Crippen molar-refractivity contribution in [2.75, 3.05) is 52.9 Å². The number of benzene rings is 1. The molecule has 1 aromatic carbocycles. The first kappa shape index (κ1) is 20.6. The molecule has 7 heteroatoms. The van der Waals surface area contributed by atoms with Crippen LogP contribution in [0.15, 0.2) is 24.3 Å². The molecule has 0 aliphatic carbocycles. The van der Waals surface area contributed by atoms with Crippen molar-refractivity contribution in [2.24, 2.45) is 11.8 Å². The molecule has 0 saturated carbocycles. The van der Waals surface area contributed by atoms with E-state index in [0.717, 1.165) is 51.3 Å². The highest BCUT2D eigenvalue weighted by atomic mass is 16.5. The minimum Gasteiger partial charge on any atom is -0.497 e. The fraction of sp³-hybridized carbons (Fsp3) is 0.619. The summed E-state index contributed by atoms with van der Waals surface area (Å²) in [5.41, 5.74) is 0.651. The Morgan fingerprint density at radius 3 is 2.50 bits per heavy atom. The Hall–Kier alpha value is -2.12. The quantitative estimate of drug-likeness (QED) is 0.736. The van der Waals surface area contributed by atoms with E-state index in [1.165, 1.54) is 0 Å². The molecule has 2 aliphatic heterocycles. The average Bonchev–Trinajstić information content (AvgIpc) is 2.73. The van der Waals surface area contributed by atoms with E-state index >= 15 is 0 Å². The summed E-state index contributed by atoms with van der Waals surface area (Å²) in [5, 5.41) is 12.6. The minimum atomic E-state index is -0.743. The maximum Gasteiger partial charge on any atom is 0.303 e. The fourth-order valence-corrected chi connectivity index (χ4v) is 4.28. The predicted molar refractivity (Wildman–Crippen MR) is 107 cm³/mol. The van der Waals surface area contributed by atoms with Gasteiger partial charge in [-0.3, -0.25) is 9.59 Å². The molecule has 2 N–H and O–H groups in total. The van der Waals surface area contributed by atoms with E-state index in [1.807, 2.05) is 4.90 Å². The van der Waals surface area contributed by atoms with Crippen molar-refractivity contribution >= 4 is 11.9 Å². The van der Waals surface area contributed by atoms with Gasteiger partial charge in [-0.25, -0.2) is 0 Å². The van der Waals surface area contributed by atoms with Gasteiger partial charge in [-0.15, -0.1) is 0 Å². The molecule has 0 spiro atoms. The normalized spacial score (nSPS) is 23.4. The number of amides is 1. The number of ether oxygens (including phenoxy) is 1. The Bertz CT molecular complexity index is 658. The molecule has 28 heavy (non-hydrogen) atoms. The minimum absolute atomic E-state index is 0.0172. The van der Waals surface area contributed by atoms with Gasteiger partial charge in [0.15, 0.2) is 0 Å². The van der Waals surface area contributed by atoms with Gasteiger partial charge in [-0.05, 0) is 55.5 Å². The maximum absolute atomic E-state index is 12.9. The van der Waals surface area contributed by atoms with Crippen molar-refractivity contribution in [3.05, 3.63) is 29.8 Å². The molecule has 2 atom stereocenters. The van der Waals surface area contributed by atoms with Gasteiger partial charge in [-0.2, -0.15) is 0 Å². The van der Waals surface area contributed by atoms with Crippen LogP contribution in [0.25, 0.3) is 0 Å². The Labute approximate surface area is 166 Å². The first-order valence-electron chi connectivity index (χ1n) is 10.1. The molecular formula is C21H31N3O4. The van der Waals surface area contributed by atoms with Crippen molar-refractivity contribution in [2.45, 2.75) is 19.3 Å². The van der Waals surface area contributed by atoms with Crippen molar-refractivity contribution in [3.8, 4) is 5.75 Å². The highest BCUT2D eigenvalue weighted by molar-refractivity contribution is 5.94. The highest BCUT2D eigenvalue weighted by Crippen LogP contribution is 2.30. The van der Waals surface area contributed by atoms with Crippen LogP contribution >= 0.6 is 0 Å². The number of carboxylic acids is 1.